The van der Waals surface area contributed by atoms with Gasteiger partial charge in [0.2, 0.25) is 6.19 Å². The van der Waals surface area contributed by atoms with Gasteiger partial charge in [-0.05, 0) is 55.7 Å². The Labute approximate surface area is 150 Å². The number of hydrogen-bond acceptors (Lipinski definition) is 3. The predicted molar refractivity (Wildman–Crippen MR) is 98.0 cm³/mol. The zero-order chi connectivity index (χ0) is 16.6. The molecule has 3 nitrogen and oxygen atoms in total. The lowest BCUT2D eigenvalue weighted by Crippen LogP contribution is -2.42. The summed E-state index contributed by atoms with van der Waals surface area (Å²) >= 11 is 3.50. The Balaban J connectivity index is 1.68. The van der Waals surface area contributed by atoms with E-state index in [9.17, 15) is 0 Å². The van der Waals surface area contributed by atoms with E-state index in [0.717, 1.165) is 53.6 Å². The topological polar surface area (TPSA) is 45.4 Å². The Morgan fingerprint density at radius 2 is 1.88 bits per heavy atom. The van der Waals surface area contributed by atoms with Gasteiger partial charge in [-0.25, -0.2) is 0 Å². The van der Waals surface area contributed by atoms with E-state index in [2.05, 4.69) is 45.2 Å². The largest absolute Gasteiger partial charge is 0.486 e. The third-order valence-corrected chi connectivity index (χ3v) is 5.99. The van der Waals surface area contributed by atoms with Crippen LogP contribution in [0, 0.1) is 23.3 Å². The van der Waals surface area contributed by atoms with Crippen molar-refractivity contribution in [3.8, 4) is 11.9 Å². The van der Waals surface area contributed by atoms with E-state index in [-0.39, 0.29) is 5.60 Å². The minimum atomic E-state index is -0.227. The number of fused-ring (bicyclic) bond motifs is 2. The quantitative estimate of drug-likeness (QED) is 0.580. The molecule has 122 valence electrons. The highest BCUT2D eigenvalue weighted by molar-refractivity contribution is 9.10. The summed E-state index contributed by atoms with van der Waals surface area (Å²) in [5, 5.41) is 9.12. The summed E-state index contributed by atoms with van der Waals surface area (Å²) < 4.78 is 7.50. The van der Waals surface area contributed by atoms with Gasteiger partial charge in [0.25, 0.3) is 0 Å². The molecular formula is C20H19BrN2O. The van der Waals surface area contributed by atoms with Crippen LogP contribution in [0.5, 0.6) is 5.75 Å². The molecule has 4 rings (SSSR count). The first-order chi connectivity index (χ1) is 11.7. The number of halogens is 1. The summed E-state index contributed by atoms with van der Waals surface area (Å²) in [5.74, 6) is 2.08. The fourth-order valence-electron chi connectivity index (χ4n) is 4.23. The zero-order valence-electron chi connectivity index (χ0n) is 13.4. The van der Waals surface area contributed by atoms with Gasteiger partial charge < -0.3 is 4.74 Å². The molecule has 1 spiro atoms. The van der Waals surface area contributed by atoms with Crippen molar-refractivity contribution in [2.24, 2.45) is 16.8 Å². The molecule has 24 heavy (non-hydrogen) atoms. The number of benzene rings is 1. The highest BCUT2D eigenvalue weighted by atomic mass is 79.9. The number of allylic oxidation sites excluding steroid dienone is 4. The highest BCUT2D eigenvalue weighted by Gasteiger charge is 2.42. The van der Waals surface area contributed by atoms with Crippen LogP contribution < -0.4 is 4.74 Å². The first-order valence-corrected chi connectivity index (χ1v) is 9.28. The van der Waals surface area contributed by atoms with Gasteiger partial charge in [-0.2, -0.15) is 10.3 Å². The van der Waals surface area contributed by atoms with E-state index in [0.29, 0.717) is 11.8 Å². The fraction of sp³-hybridized carbons (Fsp3) is 0.400. The molecule has 1 heterocycles. The van der Waals surface area contributed by atoms with Crippen molar-refractivity contribution in [3.05, 3.63) is 52.5 Å². The van der Waals surface area contributed by atoms with Crippen LogP contribution in [-0.4, -0.2) is 11.3 Å². The van der Waals surface area contributed by atoms with Gasteiger partial charge in [-0.1, -0.05) is 40.2 Å². The maximum atomic E-state index is 9.12. The molecular weight excluding hydrogens is 364 g/mol. The second-order valence-electron chi connectivity index (χ2n) is 6.94. The SMILES string of the molecule is N#C/N=C1\CC2(CCC3C=CC=CC3CC2)Oc2ccc(Br)cc21. The molecule has 1 aromatic carbocycles. The van der Waals surface area contributed by atoms with Crippen LogP contribution in [0.1, 0.15) is 37.7 Å². The van der Waals surface area contributed by atoms with Gasteiger partial charge in [0.05, 0.1) is 5.71 Å². The van der Waals surface area contributed by atoms with E-state index in [1.165, 1.54) is 0 Å². The lowest BCUT2D eigenvalue weighted by Gasteiger charge is -2.38. The van der Waals surface area contributed by atoms with E-state index in [4.69, 9.17) is 10.00 Å². The monoisotopic (exact) mass is 382 g/mol. The molecule has 0 aromatic heterocycles. The normalized spacial score (nSPS) is 32.6. The molecule has 2 aliphatic carbocycles. The average molecular weight is 383 g/mol. The number of ether oxygens (including phenoxy) is 1. The smallest absolute Gasteiger partial charge is 0.205 e. The van der Waals surface area contributed by atoms with E-state index >= 15 is 0 Å². The van der Waals surface area contributed by atoms with Gasteiger partial charge >= 0.3 is 0 Å². The molecule has 0 radical (unpaired) electrons. The van der Waals surface area contributed by atoms with Crippen molar-refractivity contribution < 1.29 is 4.74 Å². The fourth-order valence-corrected chi connectivity index (χ4v) is 4.59. The summed E-state index contributed by atoms with van der Waals surface area (Å²) in [4.78, 5) is 4.13. The predicted octanol–water partition coefficient (Wildman–Crippen LogP) is 5.17. The molecule has 1 aliphatic heterocycles. The maximum Gasteiger partial charge on any atom is 0.205 e. The third kappa shape index (κ3) is 2.82. The van der Waals surface area contributed by atoms with Crippen molar-refractivity contribution >= 4 is 21.6 Å². The van der Waals surface area contributed by atoms with Gasteiger partial charge in [0.15, 0.2) is 0 Å². The van der Waals surface area contributed by atoms with Crippen molar-refractivity contribution in [2.75, 3.05) is 0 Å². The number of nitrogens with zero attached hydrogens (tertiary/aromatic N) is 2. The molecule has 0 N–H and O–H groups in total. The first-order valence-electron chi connectivity index (χ1n) is 8.49. The lowest BCUT2D eigenvalue weighted by molar-refractivity contribution is 0.0533. The molecule has 0 bridgehead atoms. The summed E-state index contributed by atoms with van der Waals surface area (Å²) in [6.07, 6.45) is 16.0. The third-order valence-electron chi connectivity index (χ3n) is 5.50. The van der Waals surface area contributed by atoms with Gasteiger partial charge in [0, 0.05) is 16.5 Å². The van der Waals surface area contributed by atoms with Crippen molar-refractivity contribution in [3.63, 3.8) is 0 Å². The molecule has 1 saturated carbocycles. The van der Waals surface area contributed by atoms with Crippen molar-refractivity contribution in [2.45, 2.75) is 37.7 Å². The number of hydrogen-bond donors (Lipinski definition) is 0. The lowest BCUT2D eigenvalue weighted by atomic mass is 9.83. The summed E-state index contributed by atoms with van der Waals surface area (Å²) in [7, 11) is 0. The molecule has 1 aromatic rings. The number of rotatable bonds is 0. The Bertz CT molecular complexity index is 765. The molecule has 2 atom stereocenters. The van der Waals surface area contributed by atoms with Crippen LogP contribution >= 0.6 is 15.9 Å². The van der Waals surface area contributed by atoms with Crippen LogP contribution in [0.4, 0.5) is 0 Å². The first kappa shape index (κ1) is 15.7. The molecule has 0 amide bonds. The van der Waals surface area contributed by atoms with Gasteiger partial charge in [-0.3, -0.25) is 0 Å². The Kier molecular flexibility index (Phi) is 4.05. The second kappa shape index (κ2) is 6.22. The molecule has 0 saturated heterocycles. The van der Waals surface area contributed by atoms with Crippen LogP contribution in [0.25, 0.3) is 0 Å². The Morgan fingerprint density at radius 1 is 1.17 bits per heavy atom. The number of nitriles is 1. The molecule has 2 unspecified atom stereocenters. The van der Waals surface area contributed by atoms with Crippen molar-refractivity contribution in [1.29, 1.82) is 5.26 Å². The van der Waals surface area contributed by atoms with E-state index in [1.54, 1.807) is 0 Å². The molecule has 3 aliphatic rings. The summed E-state index contributed by atoms with van der Waals surface area (Å²) in [6, 6.07) is 5.98. The standard InChI is InChI=1S/C20H19BrN2O/c21-16-5-6-19-17(11-16)18(23-13-22)12-20(24-19)9-7-14-3-1-2-4-15(14)8-10-20/h1-6,11,14-15H,7-10,12H2/b23-18+. The summed E-state index contributed by atoms with van der Waals surface area (Å²) in [6.45, 7) is 0. The van der Waals surface area contributed by atoms with Gasteiger partial charge in [0.1, 0.15) is 11.4 Å². The number of aliphatic imine (C=N–C) groups is 1. The maximum absolute atomic E-state index is 9.12. The minimum absolute atomic E-state index is 0.227. The summed E-state index contributed by atoms with van der Waals surface area (Å²) in [5.41, 5.74) is 1.57. The molecule has 1 fully saturated rings. The molecule has 4 heteroatoms. The van der Waals surface area contributed by atoms with Crippen LogP contribution in [0.2, 0.25) is 0 Å². The average Bonchev–Trinajstić information content (AvgIpc) is 2.77. The zero-order valence-corrected chi connectivity index (χ0v) is 15.0. The minimum Gasteiger partial charge on any atom is -0.486 e. The Hall–Kier alpha value is -1.86. The second-order valence-corrected chi connectivity index (χ2v) is 7.85. The highest BCUT2D eigenvalue weighted by Crippen LogP contribution is 2.45. The van der Waals surface area contributed by atoms with Crippen molar-refractivity contribution in [1.82, 2.24) is 0 Å². The van der Waals surface area contributed by atoms with E-state index in [1.807, 2.05) is 24.4 Å². The van der Waals surface area contributed by atoms with Crippen LogP contribution in [-0.2, 0) is 0 Å². The van der Waals surface area contributed by atoms with Gasteiger partial charge in [-0.15, -0.1) is 0 Å². The Morgan fingerprint density at radius 3 is 2.54 bits per heavy atom. The van der Waals surface area contributed by atoms with Crippen LogP contribution in [0.15, 0.2) is 52.0 Å². The van der Waals surface area contributed by atoms with Crippen LogP contribution in [0.3, 0.4) is 0 Å². The van der Waals surface area contributed by atoms with E-state index < -0.39 is 0 Å².